The molecule has 2 unspecified atom stereocenters. The first-order valence-electron chi connectivity index (χ1n) is 4.54. The minimum atomic E-state index is -3.15. The van der Waals surface area contributed by atoms with Gasteiger partial charge in [-0.3, -0.25) is 0 Å². The SMILES string of the molecule is CC1CCCN(S(C)(=O)=O)C1CO. The fraction of sp³-hybridized carbons (Fsp3) is 1.00. The van der Waals surface area contributed by atoms with Crippen molar-refractivity contribution in [1.82, 2.24) is 4.31 Å². The highest BCUT2D eigenvalue weighted by Crippen LogP contribution is 2.24. The summed E-state index contributed by atoms with van der Waals surface area (Å²) in [4.78, 5) is 0. The summed E-state index contributed by atoms with van der Waals surface area (Å²) >= 11 is 0. The van der Waals surface area contributed by atoms with Gasteiger partial charge in [0.25, 0.3) is 0 Å². The fourth-order valence-corrected chi connectivity index (χ4v) is 3.12. The molecule has 2 atom stereocenters. The molecule has 0 radical (unpaired) electrons. The first kappa shape index (κ1) is 10.9. The van der Waals surface area contributed by atoms with Gasteiger partial charge in [0.15, 0.2) is 0 Å². The summed E-state index contributed by atoms with van der Waals surface area (Å²) in [5.41, 5.74) is 0. The monoisotopic (exact) mass is 207 g/mol. The Morgan fingerprint density at radius 3 is 2.54 bits per heavy atom. The summed E-state index contributed by atoms with van der Waals surface area (Å²) in [5.74, 6) is 0.258. The summed E-state index contributed by atoms with van der Waals surface area (Å²) in [5, 5.41) is 9.09. The van der Waals surface area contributed by atoms with Crippen LogP contribution in [0.5, 0.6) is 0 Å². The van der Waals surface area contributed by atoms with E-state index in [-0.39, 0.29) is 18.6 Å². The molecule has 0 saturated carbocycles. The lowest BCUT2D eigenvalue weighted by molar-refractivity contribution is 0.114. The van der Waals surface area contributed by atoms with Crippen LogP contribution in [0.2, 0.25) is 0 Å². The van der Waals surface area contributed by atoms with Crippen LogP contribution in [0.3, 0.4) is 0 Å². The molecule has 0 spiro atoms. The Bertz CT molecular complexity index is 263. The van der Waals surface area contributed by atoms with Gasteiger partial charge in [-0.1, -0.05) is 6.92 Å². The Morgan fingerprint density at radius 2 is 2.15 bits per heavy atom. The molecule has 0 amide bonds. The summed E-state index contributed by atoms with van der Waals surface area (Å²) < 4.78 is 24.0. The molecule has 0 aliphatic carbocycles. The van der Waals surface area contributed by atoms with Gasteiger partial charge in [-0.05, 0) is 18.8 Å². The zero-order chi connectivity index (χ0) is 10.1. The quantitative estimate of drug-likeness (QED) is 0.695. The van der Waals surface area contributed by atoms with Crippen molar-refractivity contribution < 1.29 is 13.5 Å². The number of hydrogen-bond acceptors (Lipinski definition) is 3. The second-order valence-electron chi connectivity index (χ2n) is 3.74. The van der Waals surface area contributed by atoms with Crippen LogP contribution in [-0.2, 0) is 10.0 Å². The van der Waals surface area contributed by atoms with Crippen LogP contribution in [0.1, 0.15) is 19.8 Å². The fourth-order valence-electron chi connectivity index (χ4n) is 1.89. The molecule has 0 bridgehead atoms. The maximum absolute atomic E-state index is 11.3. The van der Waals surface area contributed by atoms with Crippen molar-refractivity contribution in [2.75, 3.05) is 19.4 Å². The number of aliphatic hydroxyl groups is 1. The average molecular weight is 207 g/mol. The number of aliphatic hydroxyl groups excluding tert-OH is 1. The van der Waals surface area contributed by atoms with Gasteiger partial charge >= 0.3 is 0 Å². The number of sulfonamides is 1. The number of hydrogen-bond donors (Lipinski definition) is 1. The Balaban J connectivity index is 2.83. The highest BCUT2D eigenvalue weighted by atomic mass is 32.2. The van der Waals surface area contributed by atoms with E-state index in [4.69, 9.17) is 5.11 Å². The van der Waals surface area contributed by atoms with Gasteiger partial charge in [0, 0.05) is 6.54 Å². The molecule has 13 heavy (non-hydrogen) atoms. The van der Waals surface area contributed by atoms with Crippen LogP contribution in [-0.4, -0.2) is 43.3 Å². The number of nitrogens with zero attached hydrogens (tertiary/aromatic N) is 1. The molecule has 4 nitrogen and oxygen atoms in total. The molecule has 78 valence electrons. The second-order valence-corrected chi connectivity index (χ2v) is 5.68. The third kappa shape index (κ3) is 2.42. The van der Waals surface area contributed by atoms with Crippen LogP contribution in [0.4, 0.5) is 0 Å². The number of piperidine rings is 1. The lowest BCUT2D eigenvalue weighted by Gasteiger charge is -2.36. The van der Waals surface area contributed by atoms with E-state index in [0.29, 0.717) is 6.54 Å². The standard InChI is InChI=1S/C8H17NO3S/c1-7-4-3-5-9(8(7)6-10)13(2,11)12/h7-8,10H,3-6H2,1-2H3. The third-order valence-corrected chi connectivity index (χ3v) is 3.98. The highest BCUT2D eigenvalue weighted by molar-refractivity contribution is 7.88. The number of rotatable bonds is 2. The van der Waals surface area contributed by atoms with Crippen molar-refractivity contribution in [2.45, 2.75) is 25.8 Å². The van der Waals surface area contributed by atoms with E-state index < -0.39 is 10.0 Å². The molecule has 1 fully saturated rings. The molecule has 1 heterocycles. The van der Waals surface area contributed by atoms with Gasteiger partial charge in [0.05, 0.1) is 18.9 Å². The predicted molar refractivity (Wildman–Crippen MR) is 50.8 cm³/mol. The van der Waals surface area contributed by atoms with Crippen LogP contribution in [0.15, 0.2) is 0 Å². The van der Waals surface area contributed by atoms with E-state index >= 15 is 0 Å². The molecule has 1 aliphatic rings. The molecule has 0 aromatic carbocycles. The Morgan fingerprint density at radius 1 is 1.54 bits per heavy atom. The molecule has 0 aromatic heterocycles. The van der Waals surface area contributed by atoms with Gasteiger partial charge in [-0.25, -0.2) is 8.42 Å². The first-order chi connectivity index (χ1) is 5.96. The largest absolute Gasteiger partial charge is 0.395 e. The molecular weight excluding hydrogens is 190 g/mol. The van der Waals surface area contributed by atoms with Crippen LogP contribution >= 0.6 is 0 Å². The van der Waals surface area contributed by atoms with E-state index in [9.17, 15) is 8.42 Å². The molecule has 5 heteroatoms. The Kier molecular flexibility index (Phi) is 3.32. The predicted octanol–water partition coefficient (Wildman–Crippen LogP) is 0.0388. The van der Waals surface area contributed by atoms with Gasteiger partial charge in [-0.15, -0.1) is 0 Å². The Hall–Kier alpha value is -0.130. The summed E-state index contributed by atoms with van der Waals surface area (Å²) in [6.45, 7) is 2.46. The van der Waals surface area contributed by atoms with Crippen molar-refractivity contribution in [3.8, 4) is 0 Å². The van der Waals surface area contributed by atoms with E-state index in [0.717, 1.165) is 12.8 Å². The van der Waals surface area contributed by atoms with Gasteiger partial charge in [0.1, 0.15) is 0 Å². The van der Waals surface area contributed by atoms with Gasteiger partial charge in [0.2, 0.25) is 10.0 Å². The lowest BCUT2D eigenvalue weighted by atomic mass is 9.93. The summed E-state index contributed by atoms with van der Waals surface area (Å²) in [7, 11) is -3.15. The van der Waals surface area contributed by atoms with Crippen LogP contribution < -0.4 is 0 Å². The first-order valence-corrected chi connectivity index (χ1v) is 6.39. The van der Waals surface area contributed by atoms with E-state index in [1.807, 2.05) is 6.92 Å². The molecule has 1 N–H and O–H groups in total. The molecule has 0 aromatic rings. The molecule has 1 aliphatic heterocycles. The molecule has 1 saturated heterocycles. The van der Waals surface area contributed by atoms with Crippen molar-refractivity contribution in [3.63, 3.8) is 0 Å². The normalized spacial score (nSPS) is 31.9. The minimum absolute atomic E-state index is 0.0752. The van der Waals surface area contributed by atoms with E-state index in [2.05, 4.69) is 0 Å². The average Bonchev–Trinajstić information content (AvgIpc) is 2.02. The highest BCUT2D eigenvalue weighted by Gasteiger charge is 2.33. The molecule has 1 rings (SSSR count). The van der Waals surface area contributed by atoms with Gasteiger partial charge < -0.3 is 5.11 Å². The summed E-state index contributed by atoms with van der Waals surface area (Å²) in [6, 6.07) is -0.219. The minimum Gasteiger partial charge on any atom is -0.395 e. The van der Waals surface area contributed by atoms with Crippen LogP contribution in [0.25, 0.3) is 0 Å². The molecular formula is C8H17NO3S. The van der Waals surface area contributed by atoms with E-state index in [1.54, 1.807) is 0 Å². The van der Waals surface area contributed by atoms with Crippen LogP contribution in [0, 0.1) is 5.92 Å². The lowest BCUT2D eigenvalue weighted by Crippen LogP contribution is -2.49. The smallest absolute Gasteiger partial charge is 0.211 e. The van der Waals surface area contributed by atoms with Crippen molar-refractivity contribution in [2.24, 2.45) is 5.92 Å². The maximum atomic E-state index is 11.3. The summed E-state index contributed by atoms with van der Waals surface area (Å²) in [6.07, 6.45) is 3.09. The Labute approximate surface area is 79.6 Å². The zero-order valence-electron chi connectivity index (χ0n) is 8.10. The zero-order valence-corrected chi connectivity index (χ0v) is 8.92. The van der Waals surface area contributed by atoms with Crippen molar-refractivity contribution in [3.05, 3.63) is 0 Å². The van der Waals surface area contributed by atoms with E-state index in [1.165, 1.54) is 10.6 Å². The third-order valence-electron chi connectivity index (χ3n) is 2.68. The maximum Gasteiger partial charge on any atom is 0.211 e. The topological polar surface area (TPSA) is 57.6 Å². The second kappa shape index (κ2) is 3.94. The van der Waals surface area contributed by atoms with Gasteiger partial charge in [-0.2, -0.15) is 4.31 Å². The van der Waals surface area contributed by atoms with Crippen molar-refractivity contribution in [1.29, 1.82) is 0 Å². The van der Waals surface area contributed by atoms with Crippen molar-refractivity contribution >= 4 is 10.0 Å².